The molecule has 6 rings (SSSR count). The van der Waals surface area contributed by atoms with Gasteiger partial charge in [-0.1, -0.05) is 13.8 Å². The molecule has 4 aromatic heterocycles. The highest BCUT2D eigenvalue weighted by Crippen LogP contribution is 2.45. The lowest BCUT2D eigenvalue weighted by molar-refractivity contribution is -0.150. The van der Waals surface area contributed by atoms with Gasteiger partial charge in [0.1, 0.15) is 42.5 Å². The Bertz CT molecular complexity index is 1920. The Hall–Kier alpha value is -5.29. The van der Waals surface area contributed by atoms with E-state index in [1.807, 2.05) is 26.8 Å². The fourth-order valence-corrected chi connectivity index (χ4v) is 5.01. The molecule has 1 unspecified atom stereocenters. The van der Waals surface area contributed by atoms with Crippen molar-refractivity contribution in [3.63, 3.8) is 0 Å². The van der Waals surface area contributed by atoms with E-state index in [0.29, 0.717) is 55.0 Å². The van der Waals surface area contributed by atoms with Crippen molar-refractivity contribution in [2.45, 2.75) is 33.5 Å². The molecule has 1 saturated heterocycles. The number of aromatic nitrogens is 7. The fraction of sp³-hybridized carbons (Fsp3) is 0.345. The van der Waals surface area contributed by atoms with Crippen LogP contribution in [0.15, 0.2) is 30.5 Å². The monoisotopic (exact) mass is 629 g/mol. The zero-order chi connectivity index (χ0) is 32.9. The number of carbonyl (C=O) groups excluding carboxylic acids is 1. The first-order chi connectivity index (χ1) is 21.9. The van der Waals surface area contributed by atoms with Crippen molar-refractivity contribution in [1.29, 1.82) is 0 Å². The zero-order valence-corrected chi connectivity index (χ0v) is 25.3. The van der Waals surface area contributed by atoms with Gasteiger partial charge in [0.2, 0.25) is 5.75 Å². The second kappa shape index (κ2) is 11.9. The molecule has 46 heavy (non-hydrogen) atoms. The minimum atomic E-state index is -0.879. The SMILES string of the molecule is [B]c1c(O)c(O)c(O)c(-c2ccn(-c3cc(N4CCOCC4)n4nc(-c5cc(C)n(COC(=O)C(N)C(C)C)n5)cc4n3)n2)c1O. The molecule has 0 spiro atoms. The van der Waals surface area contributed by atoms with E-state index in [2.05, 4.69) is 15.1 Å². The van der Waals surface area contributed by atoms with Gasteiger partial charge in [0.15, 0.2) is 29.7 Å². The number of hydrogen-bond acceptors (Lipinski definition) is 13. The number of nitrogens with two attached hydrogens (primary N) is 1. The Morgan fingerprint density at radius 2 is 1.72 bits per heavy atom. The highest BCUT2D eigenvalue weighted by molar-refractivity contribution is 6.37. The maximum Gasteiger partial charge on any atom is 0.324 e. The van der Waals surface area contributed by atoms with Crippen LogP contribution in [0.4, 0.5) is 5.82 Å². The average molecular weight is 629 g/mol. The summed E-state index contributed by atoms with van der Waals surface area (Å²) in [5.41, 5.74) is 7.50. The number of rotatable bonds is 8. The molecule has 17 heteroatoms. The van der Waals surface area contributed by atoms with Crippen molar-refractivity contribution in [3.8, 4) is 51.5 Å². The summed E-state index contributed by atoms with van der Waals surface area (Å²) in [6.07, 6.45) is 1.56. The number of aromatic hydroxyl groups is 4. The molecule has 1 aromatic carbocycles. The first kappa shape index (κ1) is 30.7. The molecule has 1 aliphatic heterocycles. The van der Waals surface area contributed by atoms with E-state index in [1.54, 1.807) is 27.5 Å². The number of fused-ring (bicyclic) bond motifs is 1. The second-order valence-electron chi connectivity index (χ2n) is 11.2. The third-order valence-electron chi connectivity index (χ3n) is 7.81. The van der Waals surface area contributed by atoms with Gasteiger partial charge in [0.25, 0.3) is 0 Å². The molecule has 0 saturated carbocycles. The highest BCUT2D eigenvalue weighted by Gasteiger charge is 2.25. The van der Waals surface area contributed by atoms with Crippen LogP contribution in [0.25, 0.3) is 34.1 Å². The summed E-state index contributed by atoms with van der Waals surface area (Å²) in [4.78, 5) is 19.1. The van der Waals surface area contributed by atoms with Crippen LogP contribution in [0.3, 0.4) is 0 Å². The number of anilines is 1. The van der Waals surface area contributed by atoms with Gasteiger partial charge < -0.3 is 40.5 Å². The van der Waals surface area contributed by atoms with Gasteiger partial charge >= 0.3 is 5.97 Å². The van der Waals surface area contributed by atoms with Crippen molar-refractivity contribution in [1.82, 2.24) is 34.2 Å². The quantitative estimate of drug-likeness (QED) is 0.0693. The van der Waals surface area contributed by atoms with Crippen molar-refractivity contribution in [3.05, 3.63) is 36.2 Å². The van der Waals surface area contributed by atoms with Crippen LogP contribution in [0.1, 0.15) is 19.5 Å². The molecule has 0 aliphatic carbocycles. The number of hydrogen-bond donors (Lipinski definition) is 5. The molecule has 16 nitrogen and oxygen atoms in total. The molecule has 1 fully saturated rings. The molecule has 238 valence electrons. The van der Waals surface area contributed by atoms with Crippen LogP contribution in [0, 0.1) is 12.8 Å². The molecule has 2 radical (unpaired) electrons. The van der Waals surface area contributed by atoms with E-state index in [1.165, 1.54) is 10.7 Å². The summed E-state index contributed by atoms with van der Waals surface area (Å²) in [5, 5.41) is 54.8. The summed E-state index contributed by atoms with van der Waals surface area (Å²) in [5.74, 6) is -2.62. The number of carbonyl (C=O) groups is 1. The van der Waals surface area contributed by atoms with Crippen molar-refractivity contribution in [2.24, 2.45) is 11.7 Å². The predicted octanol–water partition coefficient (Wildman–Crippen LogP) is 0.691. The Balaban J connectivity index is 1.38. The summed E-state index contributed by atoms with van der Waals surface area (Å²) in [7, 11) is 5.71. The van der Waals surface area contributed by atoms with E-state index < -0.39 is 40.5 Å². The van der Waals surface area contributed by atoms with E-state index in [-0.39, 0.29) is 23.9 Å². The van der Waals surface area contributed by atoms with Gasteiger partial charge in [-0.15, -0.1) is 0 Å². The van der Waals surface area contributed by atoms with Gasteiger partial charge in [0.05, 0.1) is 18.8 Å². The fourth-order valence-electron chi connectivity index (χ4n) is 5.01. The molecule has 0 amide bonds. The molecule has 1 atom stereocenters. The van der Waals surface area contributed by atoms with E-state index in [4.69, 9.17) is 33.1 Å². The first-order valence-corrected chi connectivity index (χ1v) is 14.5. The lowest BCUT2D eigenvalue weighted by atomic mass is 9.89. The largest absolute Gasteiger partial charge is 0.508 e. The molecule has 5 heterocycles. The van der Waals surface area contributed by atoms with Crippen LogP contribution in [0.2, 0.25) is 0 Å². The van der Waals surface area contributed by atoms with Crippen LogP contribution in [-0.2, 0) is 21.0 Å². The Kier molecular flexibility index (Phi) is 7.95. The number of ether oxygens (including phenoxy) is 2. The molecule has 5 aromatic rings. The van der Waals surface area contributed by atoms with E-state index in [9.17, 15) is 25.2 Å². The van der Waals surface area contributed by atoms with Crippen molar-refractivity contribution < 1.29 is 34.7 Å². The summed E-state index contributed by atoms with van der Waals surface area (Å²) >= 11 is 0. The summed E-state index contributed by atoms with van der Waals surface area (Å²) in [6, 6.07) is 6.13. The van der Waals surface area contributed by atoms with Crippen LogP contribution in [0.5, 0.6) is 23.0 Å². The average Bonchev–Trinajstić information content (AvgIpc) is 3.80. The number of nitrogens with zero attached hydrogens (tertiary/aromatic N) is 8. The van der Waals surface area contributed by atoms with E-state index >= 15 is 0 Å². The maximum absolute atomic E-state index is 12.3. The van der Waals surface area contributed by atoms with Gasteiger partial charge in [-0.3, -0.25) is 4.79 Å². The number of esters is 1. The first-order valence-electron chi connectivity index (χ1n) is 14.5. The minimum Gasteiger partial charge on any atom is -0.508 e. The van der Waals surface area contributed by atoms with Gasteiger partial charge in [0, 0.05) is 37.1 Å². The Morgan fingerprint density at radius 1 is 1.00 bits per heavy atom. The highest BCUT2D eigenvalue weighted by atomic mass is 16.5. The third-order valence-corrected chi connectivity index (χ3v) is 7.81. The number of aryl methyl sites for hydroxylation is 1. The number of benzene rings is 1. The van der Waals surface area contributed by atoms with Crippen molar-refractivity contribution in [2.75, 3.05) is 31.2 Å². The predicted molar refractivity (Wildman–Crippen MR) is 165 cm³/mol. The lowest BCUT2D eigenvalue weighted by Gasteiger charge is -2.29. The third kappa shape index (κ3) is 5.43. The topological polar surface area (TPSA) is 212 Å². The normalized spacial score (nSPS) is 14.3. The lowest BCUT2D eigenvalue weighted by Crippen LogP contribution is -2.37. The standard InChI is InChI=1S/C29H32BN9O7/c1-14(2)24(31)29(44)46-13-38-15(3)10-17(34-38)18-11-20-32-19(12-21(39(20)35-18)36-6-8-45-9-7-36)37-5-4-16(33-37)22-25(40)23(30)27(42)28(43)26(22)41/h4-5,10-12,14,24,40-43H,6-9,13,31H2,1-3H3. The van der Waals surface area contributed by atoms with Gasteiger partial charge in [-0.2, -0.15) is 19.8 Å². The van der Waals surface area contributed by atoms with E-state index in [0.717, 1.165) is 5.69 Å². The smallest absolute Gasteiger partial charge is 0.324 e. The minimum absolute atomic E-state index is 0.0644. The Labute approximate surface area is 263 Å². The molecular formula is C29H32BN9O7. The molecular weight excluding hydrogens is 597 g/mol. The second-order valence-corrected chi connectivity index (χ2v) is 11.2. The molecule has 1 aliphatic rings. The number of phenolic OH excluding ortho intramolecular Hbond substituents is 4. The Morgan fingerprint density at radius 3 is 2.43 bits per heavy atom. The summed E-state index contributed by atoms with van der Waals surface area (Å²) < 4.78 is 15.6. The molecule has 0 bridgehead atoms. The molecule has 6 N–H and O–H groups in total. The maximum atomic E-state index is 12.3. The van der Waals surface area contributed by atoms with Crippen molar-refractivity contribution >= 4 is 30.7 Å². The van der Waals surface area contributed by atoms with Gasteiger partial charge in [-0.25, -0.2) is 14.3 Å². The summed E-state index contributed by atoms with van der Waals surface area (Å²) in [6.45, 7) is 7.67. The van der Waals surface area contributed by atoms with Crippen LogP contribution in [-0.4, -0.2) is 101 Å². The van der Waals surface area contributed by atoms with Crippen LogP contribution < -0.4 is 16.1 Å². The zero-order valence-electron chi connectivity index (χ0n) is 25.3. The number of phenols is 4. The van der Waals surface area contributed by atoms with Gasteiger partial charge in [-0.05, 0) is 30.4 Å². The van der Waals surface area contributed by atoms with Crippen LogP contribution >= 0.6 is 0 Å². The number of morpholine rings is 1.